The van der Waals surface area contributed by atoms with E-state index in [1.54, 1.807) is 0 Å². The number of rotatable bonds is 8. The average Bonchev–Trinajstić information content (AvgIpc) is 2.68. The molecule has 1 fully saturated rings. The van der Waals surface area contributed by atoms with E-state index in [1.165, 1.54) is 12.0 Å². The van der Waals surface area contributed by atoms with Gasteiger partial charge in [0.25, 0.3) is 0 Å². The number of hydrogen-bond acceptors (Lipinski definition) is 5. The largest absolute Gasteiger partial charge is 0.396 e. The Morgan fingerprint density at radius 1 is 1.18 bits per heavy atom. The van der Waals surface area contributed by atoms with Crippen LogP contribution < -0.4 is 0 Å². The summed E-state index contributed by atoms with van der Waals surface area (Å²) in [6.45, 7) is 12.0. The molecule has 1 aliphatic rings. The van der Waals surface area contributed by atoms with Crippen molar-refractivity contribution >= 4 is 0 Å². The van der Waals surface area contributed by atoms with Crippen molar-refractivity contribution in [3.05, 3.63) is 47.8 Å². The number of benzene rings is 1. The lowest BCUT2D eigenvalue weighted by Gasteiger charge is -2.41. The molecule has 152 valence electrons. The van der Waals surface area contributed by atoms with Gasteiger partial charge >= 0.3 is 0 Å². The fraction of sp³-hybridized carbons (Fsp3) is 0.565. The molecule has 0 amide bonds. The van der Waals surface area contributed by atoms with Gasteiger partial charge in [-0.25, -0.2) is 9.97 Å². The molecule has 1 aromatic carbocycles. The molecule has 0 unspecified atom stereocenters. The van der Waals surface area contributed by atoms with E-state index in [9.17, 15) is 5.11 Å². The summed E-state index contributed by atoms with van der Waals surface area (Å²) < 4.78 is 0. The molecule has 3 rings (SSSR count). The SMILES string of the molecule is Cc1cccc(-c2ncc(CN3CCN(CCC(C)C)[C@@H](CCO)C3)cn2)c1. The molecule has 5 heteroatoms. The molecule has 1 N–H and O–H groups in total. The maximum absolute atomic E-state index is 9.48. The van der Waals surface area contributed by atoms with Crippen molar-refractivity contribution in [2.75, 3.05) is 32.8 Å². The van der Waals surface area contributed by atoms with Gasteiger partial charge in [0.05, 0.1) is 0 Å². The number of nitrogens with zero attached hydrogens (tertiary/aromatic N) is 4. The lowest BCUT2D eigenvalue weighted by atomic mass is 10.1. The van der Waals surface area contributed by atoms with Crippen LogP contribution in [0.5, 0.6) is 0 Å². The highest BCUT2D eigenvalue weighted by atomic mass is 16.3. The Hall–Kier alpha value is -1.82. The van der Waals surface area contributed by atoms with E-state index in [-0.39, 0.29) is 6.61 Å². The van der Waals surface area contributed by atoms with Crippen LogP contribution in [-0.4, -0.2) is 63.7 Å². The average molecular weight is 383 g/mol. The number of aliphatic hydroxyl groups excluding tert-OH is 1. The van der Waals surface area contributed by atoms with E-state index in [1.807, 2.05) is 18.5 Å². The molecular weight excluding hydrogens is 348 g/mol. The zero-order valence-corrected chi connectivity index (χ0v) is 17.5. The molecule has 0 bridgehead atoms. The van der Waals surface area contributed by atoms with Gasteiger partial charge in [0.1, 0.15) is 0 Å². The van der Waals surface area contributed by atoms with Crippen molar-refractivity contribution in [1.82, 2.24) is 19.8 Å². The minimum Gasteiger partial charge on any atom is -0.396 e. The van der Waals surface area contributed by atoms with Gasteiger partial charge in [-0.05, 0) is 38.3 Å². The van der Waals surface area contributed by atoms with Gasteiger partial charge in [-0.1, -0.05) is 37.6 Å². The summed E-state index contributed by atoms with van der Waals surface area (Å²) >= 11 is 0. The molecule has 28 heavy (non-hydrogen) atoms. The normalized spacial score (nSPS) is 18.7. The van der Waals surface area contributed by atoms with Gasteiger partial charge in [0, 0.05) is 62.3 Å². The van der Waals surface area contributed by atoms with Crippen LogP contribution in [0.1, 0.15) is 37.8 Å². The maximum atomic E-state index is 9.48. The van der Waals surface area contributed by atoms with Crippen LogP contribution in [0.15, 0.2) is 36.7 Å². The monoisotopic (exact) mass is 382 g/mol. The molecule has 5 nitrogen and oxygen atoms in total. The van der Waals surface area contributed by atoms with Crippen molar-refractivity contribution in [1.29, 1.82) is 0 Å². The quantitative estimate of drug-likeness (QED) is 0.759. The Kier molecular flexibility index (Phi) is 7.54. The second kappa shape index (κ2) is 10.1. The third-order valence-corrected chi connectivity index (χ3v) is 5.53. The van der Waals surface area contributed by atoms with Gasteiger partial charge in [-0.2, -0.15) is 0 Å². The van der Waals surface area contributed by atoms with Crippen LogP contribution in [0.4, 0.5) is 0 Å². The van der Waals surface area contributed by atoms with Crippen LogP contribution in [0.25, 0.3) is 11.4 Å². The first-order valence-corrected chi connectivity index (χ1v) is 10.5. The molecule has 1 aliphatic heterocycles. The molecule has 0 aliphatic carbocycles. The maximum Gasteiger partial charge on any atom is 0.159 e. The Morgan fingerprint density at radius 3 is 2.64 bits per heavy atom. The summed E-state index contributed by atoms with van der Waals surface area (Å²) in [4.78, 5) is 14.2. The fourth-order valence-corrected chi connectivity index (χ4v) is 3.87. The molecule has 0 spiro atoms. The van der Waals surface area contributed by atoms with E-state index in [0.717, 1.165) is 62.0 Å². The highest BCUT2D eigenvalue weighted by molar-refractivity contribution is 5.55. The van der Waals surface area contributed by atoms with Crippen molar-refractivity contribution < 1.29 is 5.11 Å². The van der Waals surface area contributed by atoms with Crippen LogP contribution in [0, 0.1) is 12.8 Å². The van der Waals surface area contributed by atoms with E-state index < -0.39 is 0 Å². The Morgan fingerprint density at radius 2 is 1.96 bits per heavy atom. The summed E-state index contributed by atoms with van der Waals surface area (Å²) in [5.74, 6) is 1.50. The van der Waals surface area contributed by atoms with E-state index >= 15 is 0 Å². The van der Waals surface area contributed by atoms with Crippen molar-refractivity contribution in [3.63, 3.8) is 0 Å². The minimum atomic E-state index is 0.255. The van der Waals surface area contributed by atoms with Gasteiger partial charge in [0.15, 0.2) is 5.82 Å². The van der Waals surface area contributed by atoms with Crippen LogP contribution in [0.3, 0.4) is 0 Å². The zero-order valence-electron chi connectivity index (χ0n) is 17.5. The number of aromatic nitrogens is 2. The van der Waals surface area contributed by atoms with Crippen LogP contribution in [-0.2, 0) is 6.54 Å². The number of piperazine rings is 1. The lowest BCUT2D eigenvalue weighted by Crippen LogP contribution is -2.53. The number of aliphatic hydroxyl groups is 1. The molecular formula is C23H34N4O. The predicted molar refractivity (Wildman–Crippen MR) is 114 cm³/mol. The molecule has 1 aromatic heterocycles. The van der Waals surface area contributed by atoms with Crippen molar-refractivity contribution in [2.45, 2.75) is 46.2 Å². The predicted octanol–water partition coefficient (Wildman–Crippen LogP) is 3.37. The highest BCUT2D eigenvalue weighted by Gasteiger charge is 2.26. The molecule has 0 saturated carbocycles. The van der Waals surface area contributed by atoms with Crippen molar-refractivity contribution in [2.24, 2.45) is 5.92 Å². The summed E-state index contributed by atoms with van der Waals surface area (Å²) in [5.41, 5.74) is 3.43. The van der Waals surface area contributed by atoms with Crippen LogP contribution >= 0.6 is 0 Å². The molecule has 2 heterocycles. The zero-order chi connectivity index (χ0) is 19.9. The standard InChI is InChI=1S/C23H34N4O/c1-18(2)7-9-27-11-10-26(17-22(27)8-12-28)16-20-14-24-23(25-15-20)21-6-4-5-19(3)13-21/h4-6,13-15,18,22,28H,7-12,16-17H2,1-3H3/t22-/m0/s1. The summed E-state index contributed by atoms with van der Waals surface area (Å²) in [6, 6.07) is 8.73. The Bertz CT molecular complexity index is 732. The Labute approximate surface area is 169 Å². The first-order valence-electron chi connectivity index (χ1n) is 10.5. The van der Waals surface area contributed by atoms with Crippen LogP contribution in [0.2, 0.25) is 0 Å². The first kappa shape index (κ1) is 20.9. The first-order chi connectivity index (χ1) is 13.5. The summed E-state index contributed by atoms with van der Waals surface area (Å²) in [7, 11) is 0. The van der Waals surface area contributed by atoms with E-state index in [0.29, 0.717) is 6.04 Å². The Balaban J connectivity index is 1.59. The fourth-order valence-electron chi connectivity index (χ4n) is 3.87. The topological polar surface area (TPSA) is 52.5 Å². The smallest absolute Gasteiger partial charge is 0.159 e. The third kappa shape index (κ3) is 5.84. The highest BCUT2D eigenvalue weighted by Crippen LogP contribution is 2.19. The minimum absolute atomic E-state index is 0.255. The summed E-state index contributed by atoms with van der Waals surface area (Å²) in [6.07, 6.45) is 5.97. The molecule has 2 aromatic rings. The van der Waals surface area contributed by atoms with E-state index in [4.69, 9.17) is 0 Å². The van der Waals surface area contributed by atoms with Gasteiger partial charge < -0.3 is 5.11 Å². The molecule has 1 atom stereocenters. The van der Waals surface area contributed by atoms with Gasteiger partial charge in [0.2, 0.25) is 0 Å². The van der Waals surface area contributed by atoms with E-state index in [2.05, 4.69) is 58.7 Å². The third-order valence-electron chi connectivity index (χ3n) is 5.53. The molecule has 0 radical (unpaired) electrons. The van der Waals surface area contributed by atoms with Crippen molar-refractivity contribution in [3.8, 4) is 11.4 Å². The summed E-state index contributed by atoms with van der Waals surface area (Å²) in [5, 5.41) is 9.48. The molecule has 1 saturated heterocycles. The van der Waals surface area contributed by atoms with Gasteiger partial charge in [-0.3, -0.25) is 9.80 Å². The lowest BCUT2D eigenvalue weighted by molar-refractivity contribution is 0.0523. The second-order valence-electron chi connectivity index (χ2n) is 8.40. The number of aryl methyl sites for hydroxylation is 1. The van der Waals surface area contributed by atoms with Gasteiger partial charge in [-0.15, -0.1) is 0 Å². The second-order valence-corrected chi connectivity index (χ2v) is 8.40. The number of hydrogen-bond donors (Lipinski definition) is 1.